The highest BCUT2D eigenvalue weighted by Gasteiger charge is 2.35. The summed E-state index contributed by atoms with van der Waals surface area (Å²) in [5.41, 5.74) is 1.69. The third kappa shape index (κ3) is 5.98. The number of ether oxygens (including phenoxy) is 1. The molecule has 2 atom stereocenters. The van der Waals surface area contributed by atoms with E-state index in [9.17, 15) is 31.1 Å². The molecule has 1 aliphatic rings. The molecular weight excluding hydrogens is 516 g/mol. The Kier molecular flexibility index (Phi) is 7.51. The van der Waals surface area contributed by atoms with Crippen LogP contribution in [-0.2, 0) is 10.9 Å². The Balaban J connectivity index is 1.76. The molecule has 0 bridgehead atoms. The predicted octanol–water partition coefficient (Wildman–Crippen LogP) is 5.68. The van der Waals surface area contributed by atoms with Crippen LogP contribution in [0.3, 0.4) is 0 Å². The fraction of sp³-hybridized carbons (Fsp3) is 0.440. The van der Waals surface area contributed by atoms with E-state index < -0.39 is 36.9 Å². The smallest absolute Gasteiger partial charge is 0.373 e. The first-order valence-electron chi connectivity index (χ1n) is 11.8. The van der Waals surface area contributed by atoms with Crippen molar-refractivity contribution < 1.29 is 31.1 Å². The minimum absolute atomic E-state index is 0.0459. The molecule has 2 unspecified atom stereocenters. The van der Waals surface area contributed by atoms with Gasteiger partial charge >= 0.3 is 12.4 Å². The van der Waals surface area contributed by atoms with Crippen LogP contribution in [0.15, 0.2) is 35.8 Å². The van der Waals surface area contributed by atoms with Crippen LogP contribution in [0.2, 0.25) is 0 Å². The van der Waals surface area contributed by atoms with E-state index in [0.717, 1.165) is 6.07 Å². The third-order valence-electron chi connectivity index (χ3n) is 6.44. The first-order valence-corrected chi connectivity index (χ1v) is 11.8. The lowest BCUT2D eigenvalue weighted by atomic mass is 9.91. The van der Waals surface area contributed by atoms with E-state index >= 15 is 0 Å². The molecule has 4 heterocycles. The topological polar surface area (TPSA) is 81.9 Å². The Morgan fingerprint density at radius 1 is 1.18 bits per heavy atom. The van der Waals surface area contributed by atoms with Crippen molar-refractivity contribution in [3.8, 4) is 0 Å². The second kappa shape index (κ2) is 10.4. The Morgan fingerprint density at radius 2 is 1.92 bits per heavy atom. The van der Waals surface area contributed by atoms with E-state index in [4.69, 9.17) is 4.74 Å². The second-order valence-electron chi connectivity index (χ2n) is 9.11. The SMILES string of the molecule is C=C(CCC(F)(F)F)c1nc(C2CCOC(c3ccc(=O)n(NC)c3)C2)nc2nc(C)c(C(F)(F)F)cc12. The average Bonchev–Trinajstić information content (AvgIpc) is 2.85. The number of nitrogens with one attached hydrogen (secondary N) is 1. The number of aromatic nitrogens is 4. The van der Waals surface area contributed by atoms with Crippen LogP contribution in [0.5, 0.6) is 0 Å². The van der Waals surface area contributed by atoms with E-state index in [1.54, 1.807) is 19.3 Å². The van der Waals surface area contributed by atoms with Gasteiger partial charge in [0.2, 0.25) is 0 Å². The Labute approximate surface area is 213 Å². The van der Waals surface area contributed by atoms with Gasteiger partial charge in [-0.3, -0.25) is 4.79 Å². The summed E-state index contributed by atoms with van der Waals surface area (Å²) in [6.45, 7) is 5.21. The quantitative estimate of drug-likeness (QED) is 0.405. The van der Waals surface area contributed by atoms with E-state index in [0.29, 0.717) is 25.0 Å². The zero-order valence-electron chi connectivity index (χ0n) is 20.6. The molecule has 13 heteroatoms. The van der Waals surface area contributed by atoms with Gasteiger partial charge in [-0.25, -0.2) is 19.6 Å². The van der Waals surface area contributed by atoms with Gasteiger partial charge in [-0.05, 0) is 49.5 Å². The number of pyridine rings is 2. The first-order chi connectivity index (χ1) is 17.8. The molecule has 38 heavy (non-hydrogen) atoms. The van der Waals surface area contributed by atoms with Crippen LogP contribution in [-0.4, -0.2) is 39.5 Å². The van der Waals surface area contributed by atoms with Crippen LogP contribution < -0.4 is 11.0 Å². The Bertz CT molecular complexity index is 1420. The summed E-state index contributed by atoms with van der Waals surface area (Å²) < 4.78 is 86.6. The van der Waals surface area contributed by atoms with E-state index in [1.807, 2.05) is 0 Å². The van der Waals surface area contributed by atoms with Crippen molar-refractivity contribution in [1.29, 1.82) is 0 Å². The molecule has 0 spiro atoms. The lowest BCUT2D eigenvalue weighted by Crippen LogP contribution is -2.27. The van der Waals surface area contributed by atoms with Crippen LogP contribution in [0.4, 0.5) is 26.3 Å². The number of allylic oxidation sites excluding steroid dienone is 1. The second-order valence-corrected chi connectivity index (χ2v) is 9.11. The third-order valence-corrected chi connectivity index (χ3v) is 6.44. The van der Waals surface area contributed by atoms with Crippen molar-refractivity contribution in [2.45, 2.75) is 57.0 Å². The number of fused-ring (bicyclic) bond motifs is 1. The Hall–Kier alpha value is -3.48. The van der Waals surface area contributed by atoms with Crippen molar-refractivity contribution in [3.05, 3.63) is 69.7 Å². The number of hydrogen-bond donors (Lipinski definition) is 1. The van der Waals surface area contributed by atoms with Crippen LogP contribution in [0.25, 0.3) is 16.6 Å². The van der Waals surface area contributed by atoms with Gasteiger partial charge in [0.05, 0.1) is 23.1 Å². The molecule has 0 radical (unpaired) electrons. The van der Waals surface area contributed by atoms with Gasteiger partial charge in [0.1, 0.15) is 5.82 Å². The molecular formula is C25H25F6N5O2. The lowest BCUT2D eigenvalue weighted by Gasteiger charge is -2.29. The maximum absolute atomic E-state index is 13.6. The van der Waals surface area contributed by atoms with Gasteiger partial charge in [-0.15, -0.1) is 0 Å². The number of halogens is 6. The van der Waals surface area contributed by atoms with Crippen LogP contribution >= 0.6 is 0 Å². The van der Waals surface area contributed by atoms with Gasteiger partial charge in [0, 0.05) is 43.6 Å². The van der Waals surface area contributed by atoms with Gasteiger partial charge in [-0.2, -0.15) is 26.3 Å². The van der Waals surface area contributed by atoms with E-state index in [1.165, 1.54) is 17.7 Å². The zero-order chi connectivity index (χ0) is 27.8. The van der Waals surface area contributed by atoms with Crippen molar-refractivity contribution in [3.63, 3.8) is 0 Å². The van der Waals surface area contributed by atoms with Gasteiger partial charge < -0.3 is 10.2 Å². The molecule has 3 aromatic rings. The molecule has 0 saturated carbocycles. The number of hydrogen-bond acceptors (Lipinski definition) is 6. The molecule has 4 rings (SSSR count). The molecule has 1 N–H and O–H groups in total. The molecule has 7 nitrogen and oxygen atoms in total. The van der Waals surface area contributed by atoms with Crippen LogP contribution in [0.1, 0.15) is 66.0 Å². The normalized spacial score (nSPS) is 18.5. The minimum atomic E-state index is -4.72. The molecule has 1 fully saturated rings. The summed E-state index contributed by atoms with van der Waals surface area (Å²) in [5, 5.41) is -0.108. The molecule has 204 valence electrons. The summed E-state index contributed by atoms with van der Waals surface area (Å²) in [7, 11) is 1.59. The largest absolute Gasteiger partial charge is 0.418 e. The average molecular weight is 541 g/mol. The minimum Gasteiger partial charge on any atom is -0.373 e. The van der Waals surface area contributed by atoms with Gasteiger partial charge in [0.25, 0.3) is 5.56 Å². The zero-order valence-corrected chi connectivity index (χ0v) is 20.6. The maximum Gasteiger partial charge on any atom is 0.418 e. The molecule has 1 saturated heterocycles. The first kappa shape index (κ1) is 27.6. The fourth-order valence-corrected chi connectivity index (χ4v) is 4.44. The van der Waals surface area contributed by atoms with Crippen LogP contribution in [0, 0.1) is 6.92 Å². The summed E-state index contributed by atoms with van der Waals surface area (Å²) in [4.78, 5) is 24.8. The van der Waals surface area contributed by atoms with Crippen molar-refractivity contribution in [2.24, 2.45) is 0 Å². The number of nitrogens with zero attached hydrogens (tertiary/aromatic N) is 4. The number of rotatable bonds is 6. The summed E-state index contributed by atoms with van der Waals surface area (Å²) in [5.74, 6) is -0.0887. The fourth-order valence-electron chi connectivity index (χ4n) is 4.44. The summed E-state index contributed by atoms with van der Waals surface area (Å²) in [6, 6.07) is 3.85. The number of aryl methyl sites for hydroxylation is 1. The highest BCUT2D eigenvalue weighted by Crippen LogP contribution is 2.39. The maximum atomic E-state index is 13.6. The monoisotopic (exact) mass is 541 g/mol. The number of alkyl halides is 6. The Morgan fingerprint density at radius 3 is 2.58 bits per heavy atom. The predicted molar refractivity (Wildman–Crippen MR) is 128 cm³/mol. The summed E-state index contributed by atoms with van der Waals surface area (Å²) >= 11 is 0. The van der Waals surface area contributed by atoms with Crippen molar-refractivity contribution in [1.82, 2.24) is 19.6 Å². The highest BCUT2D eigenvalue weighted by atomic mass is 19.4. The molecule has 0 aromatic carbocycles. The summed E-state index contributed by atoms with van der Waals surface area (Å²) in [6.07, 6.45) is -8.91. The van der Waals surface area contributed by atoms with Crippen molar-refractivity contribution in [2.75, 3.05) is 19.1 Å². The van der Waals surface area contributed by atoms with E-state index in [2.05, 4.69) is 27.0 Å². The molecule has 1 aliphatic heterocycles. The molecule has 3 aromatic heterocycles. The standard InChI is InChI=1S/C25H25F6N5O2/c1-13(6-8-24(26,27)28)21-17-11-18(25(29,30)31)14(2)33-23(17)35-22(34-21)15-7-9-38-19(10-15)16-4-5-20(37)36(12-16)32-3/h4-5,11-12,15,19,32H,1,6-10H2,2-3H3. The van der Waals surface area contributed by atoms with Gasteiger partial charge in [0.15, 0.2) is 5.65 Å². The van der Waals surface area contributed by atoms with Crippen molar-refractivity contribution >= 4 is 16.6 Å². The van der Waals surface area contributed by atoms with Gasteiger partial charge in [-0.1, -0.05) is 6.58 Å². The molecule has 0 aliphatic carbocycles. The lowest BCUT2D eigenvalue weighted by molar-refractivity contribution is -0.138. The molecule has 0 amide bonds. The highest BCUT2D eigenvalue weighted by molar-refractivity contribution is 5.88. The van der Waals surface area contributed by atoms with E-state index in [-0.39, 0.29) is 45.3 Å².